The summed E-state index contributed by atoms with van der Waals surface area (Å²) >= 11 is 0. The second kappa shape index (κ2) is 7.34. The maximum Gasteiger partial charge on any atom is 0.226 e. The van der Waals surface area contributed by atoms with E-state index in [1.165, 1.54) is 5.56 Å². The van der Waals surface area contributed by atoms with Gasteiger partial charge in [0.2, 0.25) is 5.91 Å². The summed E-state index contributed by atoms with van der Waals surface area (Å²) in [5, 5.41) is 6.20. The highest BCUT2D eigenvalue weighted by atomic mass is 16.1. The topological polar surface area (TPSA) is 41.1 Å². The second-order valence-electron chi connectivity index (χ2n) is 4.60. The van der Waals surface area contributed by atoms with E-state index < -0.39 is 0 Å². The normalized spacial score (nSPS) is 10.1. The molecule has 0 radical (unpaired) electrons. The number of rotatable bonds is 6. The van der Waals surface area contributed by atoms with Crippen LogP contribution in [0.1, 0.15) is 18.9 Å². The molecule has 2 aromatic rings. The first-order valence-corrected chi connectivity index (χ1v) is 6.96. The van der Waals surface area contributed by atoms with Gasteiger partial charge < -0.3 is 10.6 Å². The third kappa shape index (κ3) is 4.12. The fraction of sp³-hybridized carbons (Fsp3) is 0.235. The quantitative estimate of drug-likeness (QED) is 0.839. The number of nitrogens with one attached hydrogen (secondary N) is 2. The molecular formula is C17H20N2O. The van der Waals surface area contributed by atoms with E-state index in [1.807, 2.05) is 48.5 Å². The zero-order valence-corrected chi connectivity index (χ0v) is 11.7. The maximum atomic E-state index is 11.8. The van der Waals surface area contributed by atoms with Crippen molar-refractivity contribution < 1.29 is 4.79 Å². The molecule has 3 heteroatoms. The molecule has 104 valence electrons. The first-order chi connectivity index (χ1) is 9.79. The summed E-state index contributed by atoms with van der Waals surface area (Å²) < 4.78 is 0. The van der Waals surface area contributed by atoms with Crippen LogP contribution >= 0.6 is 0 Å². The van der Waals surface area contributed by atoms with E-state index in [9.17, 15) is 4.79 Å². The van der Waals surface area contributed by atoms with Gasteiger partial charge in [0, 0.05) is 24.3 Å². The fourth-order valence-electron chi connectivity index (χ4n) is 2.06. The Bertz CT molecular complexity index is 552. The van der Waals surface area contributed by atoms with Crippen LogP contribution in [0.3, 0.4) is 0 Å². The smallest absolute Gasteiger partial charge is 0.226 e. The zero-order chi connectivity index (χ0) is 14.2. The van der Waals surface area contributed by atoms with Crippen molar-refractivity contribution in [2.45, 2.75) is 19.8 Å². The van der Waals surface area contributed by atoms with Crippen molar-refractivity contribution in [1.29, 1.82) is 0 Å². The van der Waals surface area contributed by atoms with Gasteiger partial charge in [-0.15, -0.1) is 0 Å². The van der Waals surface area contributed by atoms with Gasteiger partial charge in [-0.3, -0.25) is 4.79 Å². The average Bonchev–Trinajstić information content (AvgIpc) is 2.49. The molecule has 0 spiro atoms. The highest BCUT2D eigenvalue weighted by molar-refractivity contribution is 5.90. The summed E-state index contributed by atoms with van der Waals surface area (Å²) in [6.45, 7) is 2.76. The highest BCUT2D eigenvalue weighted by Crippen LogP contribution is 2.15. The molecule has 2 rings (SSSR count). The summed E-state index contributed by atoms with van der Waals surface area (Å²) in [7, 11) is 0. The first-order valence-electron chi connectivity index (χ1n) is 6.96. The van der Waals surface area contributed by atoms with Gasteiger partial charge in [0.1, 0.15) is 0 Å². The van der Waals surface area contributed by atoms with Crippen LogP contribution in [0.15, 0.2) is 54.6 Å². The third-order valence-electron chi connectivity index (χ3n) is 3.12. The number of hydrogen-bond acceptors (Lipinski definition) is 2. The first kappa shape index (κ1) is 14.1. The molecule has 0 saturated heterocycles. The predicted octanol–water partition coefficient (Wildman–Crippen LogP) is 3.69. The molecule has 0 aromatic heterocycles. The Kier molecular flexibility index (Phi) is 5.18. The van der Waals surface area contributed by atoms with Gasteiger partial charge in [-0.05, 0) is 30.2 Å². The number of carbonyl (C=O) groups is 1. The number of benzene rings is 2. The Morgan fingerprint density at radius 1 is 1.00 bits per heavy atom. The van der Waals surface area contributed by atoms with Crippen LogP contribution in [0.25, 0.3) is 0 Å². The lowest BCUT2D eigenvalue weighted by Gasteiger charge is -2.10. The SMILES string of the molecule is CCc1ccccc1NCCC(=O)Nc1ccccc1. The lowest BCUT2D eigenvalue weighted by molar-refractivity contribution is -0.115. The van der Waals surface area contributed by atoms with Crippen LogP contribution in [0.4, 0.5) is 11.4 Å². The molecule has 0 aliphatic heterocycles. The lowest BCUT2D eigenvalue weighted by Crippen LogP contribution is -2.16. The van der Waals surface area contributed by atoms with E-state index in [-0.39, 0.29) is 5.91 Å². The minimum absolute atomic E-state index is 0.0256. The van der Waals surface area contributed by atoms with Gasteiger partial charge in [-0.1, -0.05) is 43.3 Å². The standard InChI is InChI=1S/C17H20N2O/c1-2-14-8-6-7-11-16(14)18-13-12-17(20)19-15-9-4-3-5-10-15/h3-11,18H,2,12-13H2,1H3,(H,19,20). The summed E-state index contributed by atoms with van der Waals surface area (Å²) in [6, 6.07) is 17.7. The third-order valence-corrected chi connectivity index (χ3v) is 3.12. The molecule has 0 bridgehead atoms. The Balaban J connectivity index is 1.79. The van der Waals surface area contributed by atoms with Crippen LogP contribution in [0, 0.1) is 0 Å². The molecule has 2 aromatic carbocycles. The Morgan fingerprint density at radius 2 is 1.70 bits per heavy atom. The molecule has 3 nitrogen and oxygen atoms in total. The molecule has 0 aliphatic rings. The highest BCUT2D eigenvalue weighted by Gasteiger charge is 2.03. The molecule has 0 atom stereocenters. The van der Waals surface area contributed by atoms with Gasteiger partial charge in [0.25, 0.3) is 0 Å². The Hall–Kier alpha value is -2.29. The zero-order valence-electron chi connectivity index (χ0n) is 11.7. The summed E-state index contributed by atoms with van der Waals surface area (Å²) in [5.41, 5.74) is 3.23. The summed E-state index contributed by atoms with van der Waals surface area (Å²) in [6.07, 6.45) is 1.44. The molecule has 0 saturated carbocycles. The van der Waals surface area contributed by atoms with Crippen LogP contribution in [0.2, 0.25) is 0 Å². The number of para-hydroxylation sites is 2. The Labute approximate surface area is 120 Å². The second-order valence-corrected chi connectivity index (χ2v) is 4.60. The van der Waals surface area contributed by atoms with Crippen molar-refractivity contribution in [1.82, 2.24) is 0 Å². The van der Waals surface area contributed by atoms with E-state index in [0.717, 1.165) is 17.8 Å². The van der Waals surface area contributed by atoms with Gasteiger partial charge >= 0.3 is 0 Å². The minimum Gasteiger partial charge on any atom is -0.384 e. The van der Waals surface area contributed by atoms with E-state index in [4.69, 9.17) is 0 Å². The molecule has 0 fully saturated rings. The van der Waals surface area contributed by atoms with E-state index in [0.29, 0.717) is 13.0 Å². The molecule has 0 unspecified atom stereocenters. The van der Waals surface area contributed by atoms with Crippen molar-refractivity contribution in [2.24, 2.45) is 0 Å². The number of anilines is 2. The van der Waals surface area contributed by atoms with Crippen LogP contribution in [0.5, 0.6) is 0 Å². The van der Waals surface area contributed by atoms with E-state index in [1.54, 1.807) is 0 Å². The van der Waals surface area contributed by atoms with Crippen molar-refractivity contribution in [3.05, 3.63) is 60.2 Å². The van der Waals surface area contributed by atoms with Crippen molar-refractivity contribution in [2.75, 3.05) is 17.2 Å². The predicted molar refractivity (Wildman–Crippen MR) is 84.0 cm³/mol. The molecule has 1 amide bonds. The number of aryl methyl sites for hydroxylation is 1. The van der Waals surface area contributed by atoms with Gasteiger partial charge in [-0.2, -0.15) is 0 Å². The van der Waals surface area contributed by atoms with E-state index in [2.05, 4.69) is 23.6 Å². The average molecular weight is 268 g/mol. The minimum atomic E-state index is 0.0256. The molecule has 20 heavy (non-hydrogen) atoms. The molecule has 2 N–H and O–H groups in total. The summed E-state index contributed by atoms with van der Waals surface area (Å²) in [5.74, 6) is 0.0256. The van der Waals surface area contributed by atoms with Crippen LogP contribution in [-0.4, -0.2) is 12.5 Å². The van der Waals surface area contributed by atoms with Gasteiger partial charge in [0.05, 0.1) is 0 Å². The van der Waals surface area contributed by atoms with Crippen molar-refractivity contribution in [3.8, 4) is 0 Å². The molecule has 0 heterocycles. The largest absolute Gasteiger partial charge is 0.384 e. The van der Waals surface area contributed by atoms with Crippen molar-refractivity contribution in [3.63, 3.8) is 0 Å². The van der Waals surface area contributed by atoms with E-state index >= 15 is 0 Å². The molecular weight excluding hydrogens is 248 g/mol. The number of amides is 1. The maximum absolute atomic E-state index is 11.8. The number of hydrogen-bond donors (Lipinski definition) is 2. The van der Waals surface area contributed by atoms with Crippen molar-refractivity contribution >= 4 is 17.3 Å². The van der Waals surface area contributed by atoms with Gasteiger partial charge in [-0.25, -0.2) is 0 Å². The molecule has 0 aliphatic carbocycles. The number of carbonyl (C=O) groups excluding carboxylic acids is 1. The van der Waals surface area contributed by atoms with Crippen LogP contribution in [-0.2, 0) is 11.2 Å². The lowest BCUT2D eigenvalue weighted by atomic mass is 10.1. The van der Waals surface area contributed by atoms with Crippen LogP contribution < -0.4 is 10.6 Å². The van der Waals surface area contributed by atoms with Gasteiger partial charge in [0.15, 0.2) is 0 Å². The Morgan fingerprint density at radius 3 is 2.45 bits per heavy atom. The summed E-state index contributed by atoms with van der Waals surface area (Å²) in [4.78, 5) is 11.8. The monoisotopic (exact) mass is 268 g/mol. The fourth-order valence-corrected chi connectivity index (χ4v) is 2.06.